The first-order valence-electron chi connectivity index (χ1n) is 8.82. The number of aromatic nitrogens is 4. The van der Waals surface area contributed by atoms with Gasteiger partial charge in [-0.2, -0.15) is 0 Å². The Morgan fingerprint density at radius 2 is 1.96 bits per heavy atom. The maximum Gasteiger partial charge on any atom is 0.248 e. The zero-order chi connectivity index (χ0) is 19.0. The quantitative estimate of drug-likeness (QED) is 0.760. The topological polar surface area (TPSA) is 72.7 Å². The molecule has 1 saturated carbocycles. The van der Waals surface area contributed by atoms with Gasteiger partial charge in [-0.05, 0) is 25.0 Å². The van der Waals surface area contributed by atoms with Gasteiger partial charge in [0, 0.05) is 43.0 Å². The Hall–Kier alpha value is -2.90. The average molecular weight is 371 g/mol. The Morgan fingerprint density at radius 3 is 2.67 bits per heavy atom. The number of imidazole rings is 1. The third-order valence-electron chi connectivity index (χ3n) is 5.02. The normalized spacial score (nSPS) is 17.1. The number of alkyl halides is 2. The number of fused-ring (bicyclic) bond motifs is 1. The summed E-state index contributed by atoms with van der Waals surface area (Å²) in [6, 6.07) is 3.70. The van der Waals surface area contributed by atoms with Crippen LogP contribution in [-0.4, -0.2) is 31.3 Å². The van der Waals surface area contributed by atoms with Crippen molar-refractivity contribution in [2.45, 2.75) is 31.6 Å². The molecule has 4 rings (SSSR count). The van der Waals surface area contributed by atoms with Crippen LogP contribution in [0.1, 0.15) is 25.7 Å². The van der Waals surface area contributed by atoms with E-state index in [2.05, 4.69) is 20.3 Å². The van der Waals surface area contributed by atoms with Gasteiger partial charge in [0.15, 0.2) is 0 Å². The van der Waals surface area contributed by atoms with Crippen LogP contribution in [0.15, 0.2) is 37.1 Å². The van der Waals surface area contributed by atoms with E-state index in [0.717, 1.165) is 16.6 Å². The highest BCUT2D eigenvalue weighted by atomic mass is 19.3. The fourth-order valence-corrected chi connectivity index (χ4v) is 3.41. The highest BCUT2D eigenvalue weighted by Gasteiger charge is 2.37. The van der Waals surface area contributed by atoms with Crippen LogP contribution >= 0.6 is 0 Å². The summed E-state index contributed by atoms with van der Waals surface area (Å²) >= 11 is 0. The van der Waals surface area contributed by atoms with Crippen molar-refractivity contribution in [2.75, 3.05) is 5.32 Å². The molecule has 1 aliphatic carbocycles. The minimum atomic E-state index is -2.65. The molecule has 3 aromatic heterocycles. The van der Waals surface area contributed by atoms with Gasteiger partial charge in [-0.15, -0.1) is 0 Å². The first-order valence-corrected chi connectivity index (χ1v) is 8.82. The van der Waals surface area contributed by atoms with Crippen molar-refractivity contribution in [3.63, 3.8) is 0 Å². The summed E-state index contributed by atoms with van der Waals surface area (Å²) in [6.45, 7) is 0. The highest BCUT2D eigenvalue weighted by Crippen LogP contribution is 2.36. The third kappa shape index (κ3) is 3.65. The number of rotatable bonds is 3. The van der Waals surface area contributed by atoms with Crippen LogP contribution in [-0.2, 0) is 11.8 Å². The second-order valence-corrected chi connectivity index (χ2v) is 7.00. The van der Waals surface area contributed by atoms with Gasteiger partial charge >= 0.3 is 0 Å². The molecule has 1 amide bonds. The molecule has 1 aliphatic rings. The van der Waals surface area contributed by atoms with E-state index >= 15 is 0 Å². The van der Waals surface area contributed by atoms with Crippen LogP contribution in [0, 0.1) is 5.92 Å². The lowest BCUT2D eigenvalue weighted by molar-refractivity contribution is -0.124. The van der Waals surface area contributed by atoms with Gasteiger partial charge in [-0.3, -0.25) is 9.78 Å². The summed E-state index contributed by atoms with van der Waals surface area (Å²) < 4.78 is 28.4. The van der Waals surface area contributed by atoms with Gasteiger partial charge in [0.2, 0.25) is 11.8 Å². The van der Waals surface area contributed by atoms with E-state index in [1.54, 1.807) is 31.0 Å². The van der Waals surface area contributed by atoms with Crippen molar-refractivity contribution in [2.24, 2.45) is 13.0 Å². The zero-order valence-electron chi connectivity index (χ0n) is 14.8. The molecule has 8 heteroatoms. The van der Waals surface area contributed by atoms with E-state index in [1.807, 2.05) is 17.7 Å². The fraction of sp³-hybridized carbons (Fsp3) is 0.368. The first kappa shape index (κ1) is 17.5. The van der Waals surface area contributed by atoms with Crippen LogP contribution in [0.25, 0.3) is 22.2 Å². The molecule has 0 spiro atoms. The summed E-state index contributed by atoms with van der Waals surface area (Å²) in [5, 5.41) is 3.58. The Morgan fingerprint density at radius 1 is 1.19 bits per heavy atom. The maximum atomic E-state index is 13.3. The van der Waals surface area contributed by atoms with Crippen molar-refractivity contribution in [3.8, 4) is 11.3 Å². The minimum Gasteiger partial charge on any atom is -0.334 e. The lowest BCUT2D eigenvalue weighted by atomic mass is 9.86. The number of pyridine rings is 2. The molecule has 6 nitrogen and oxygen atoms in total. The number of hydrogen-bond acceptors (Lipinski definition) is 4. The lowest BCUT2D eigenvalue weighted by Crippen LogP contribution is -2.32. The van der Waals surface area contributed by atoms with E-state index in [1.165, 1.54) is 0 Å². The van der Waals surface area contributed by atoms with Crippen LogP contribution < -0.4 is 5.32 Å². The highest BCUT2D eigenvalue weighted by molar-refractivity contribution is 5.94. The summed E-state index contributed by atoms with van der Waals surface area (Å²) in [5.41, 5.74) is 2.53. The molecule has 3 heterocycles. The van der Waals surface area contributed by atoms with Crippen molar-refractivity contribution in [1.29, 1.82) is 0 Å². The number of nitrogens with zero attached hydrogens (tertiary/aromatic N) is 4. The molecule has 27 heavy (non-hydrogen) atoms. The Labute approximate surface area is 154 Å². The Bertz CT molecular complexity index is 991. The molecule has 0 unspecified atom stereocenters. The second kappa shape index (κ2) is 6.68. The molecule has 0 bridgehead atoms. The fourth-order valence-electron chi connectivity index (χ4n) is 3.41. The predicted octanol–water partition coefficient (Wildman–Crippen LogP) is 3.79. The SMILES string of the molecule is Cn1cncc1-c1cnc2cnc(NC(=O)C3CCC(F)(F)CC3)cc2c1. The van der Waals surface area contributed by atoms with Crippen LogP contribution in [0.3, 0.4) is 0 Å². The molecule has 0 aliphatic heterocycles. The van der Waals surface area contributed by atoms with Gasteiger partial charge in [0.25, 0.3) is 0 Å². The van der Waals surface area contributed by atoms with Crippen molar-refractivity contribution in [3.05, 3.63) is 37.1 Å². The summed E-state index contributed by atoms with van der Waals surface area (Å²) in [7, 11) is 1.90. The van der Waals surface area contributed by atoms with Gasteiger partial charge in [0.05, 0.1) is 29.9 Å². The number of amides is 1. The number of carbonyl (C=O) groups excluding carboxylic acids is 1. The molecule has 3 aromatic rings. The van der Waals surface area contributed by atoms with Crippen LogP contribution in [0.4, 0.5) is 14.6 Å². The number of hydrogen-bond donors (Lipinski definition) is 1. The zero-order valence-corrected chi connectivity index (χ0v) is 14.8. The number of aryl methyl sites for hydroxylation is 1. The van der Waals surface area contributed by atoms with Crippen LogP contribution in [0.5, 0.6) is 0 Å². The second-order valence-electron chi connectivity index (χ2n) is 7.00. The Balaban J connectivity index is 1.54. The van der Waals surface area contributed by atoms with Gasteiger partial charge < -0.3 is 9.88 Å². The standard InChI is InChI=1S/C19H19F2N5O/c1-26-11-22-10-16(26)14-6-13-7-17(24-9-15(13)23-8-14)25-18(27)12-2-4-19(20,21)5-3-12/h6-12H,2-5H2,1H3,(H,24,25,27). The number of carbonyl (C=O) groups is 1. The molecular weight excluding hydrogens is 352 g/mol. The molecule has 1 fully saturated rings. The maximum absolute atomic E-state index is 13.3. The van der Waals surface area contributed by atoms with E-state index in [9.17, 15) is 13.6 Å². The third-order valence-corrected chi connectivity index (χ3v) is 5.02. The molecule has 0 radical (unpaired) electrons. The van der Waals surface area contributed by atoms with Crippen molar-refractivity contribution in [1.82, 2.24) is 19.5 Å². The molecule has 0 atom stereocenters. The molecular formula is C19H19F2N5O. The minimum absolute atomic E-state index is 0.193. The molecule has 0 saturated heterocycles. The monoisotopic (exact) mass is 371 g/mol. The average Bonchev–Trinajstić information content (AvgIpc) is 3.07. The van der Waals surface area contributed by atoms with E-state index in [0.29, 0.717) is 11.3 Å². The van der Waals surface area contributed by atoms with Gasteiger partial charge in [-0.25, -0.2) is 18.7 Å². The van der Waals surface area contributed by atoms with Gasteiger partial charge in [-0.1, -0.05) is 0 Å². The number of anilines is 1. The van der Waals surface area contributed by atoms with Crippen molar-refractivity contribution < 1.29 is 13.6 Å². The number of halogens is 2. The summed E-state index contributed by atoms with van der Waals surface area (Å²) in [4.78, 5) is 25.1. The van der Waals surface area contributed by atoms with Crippen molar-refractivity contribution >= 4 is 22.6 Å². The Kier molecular flexibility index (Phi) is 4.33. The first-order chi connectivity index (χ1) is 12.9. The summed E-state index contributed by atoms with van der Waals surface area (Å²) in [5.74, 6) is -2.91. The largest absolute Gasteiger partial charge is 0.334 e. The predicted molar refractivity (Wildman–Crippen MR) is 97.3 cm³/mol. The van der Waals surface area contributed by atoms with Gasteiger partial charge in [0.1, 0.15) is 5.82 Å². The molecule has 140 valence electrons. The van der Waals surface area contributed by atoms with E-state index in [4.69, 9.17) is 0 Å². The summed E-state index contributed by atoms with van der Waals surface area (Å²) in [6.07, 6.45) is 6.71. The smallest absolute Gasteiger partial charge is 0.248 e. The molecule has 1 N–H and O–H groups in total. The number of nitrogens with one attached hydrogen (secondary N) is 1. The van der Waals surface area contributed by atoms with E-state index < -0.39 is 11.8 Å². The molecule has 0 aromatic carbocycles. The lowest BCUT2D eigenvalue weighted by Gasteiger charge is -2.27. The van der Waals surface area contributed by atoms with Crippen LogP contribution in [0.2, 0.25) is 0 Å². The van der Waals surface area contributed by atoms with E-state index in [-0.39, 0.29) is 31.6 Å².